The number of carbonyl (C=O) groups excluding carboxylic acids is 2. The van der Waals surface area contributed by atoms with E-state index in [4.69, 9.17) is 10.2 Å². The fourth-order valence-corrected chi connectivity index (χ4v) is 5.33. The first-order valence-electron chi connectivity index (χ1n) is 12.9. The second-order valence-electron chi connectivity index (χ2n) is 9.68. The van der Waals surface area contributed by atoms with Crippen molar-refractivity contribution in [2.45, 2.75) is 0 Å². The summed E-state index contributed by atoms with van der Waals surface area (Å²) >= 11 is 0. The number of hydrogen-bond donors (Lipinski definition) is 0. The number of hydrogen-bond acceptors (Lipinski definition) is 4. The molecule has 0 aliphatic rings. The second kappa shape index (κ2) is 9.32. The molecule has 0 aliphatic carbocycles. The van der Waals surface area contributed by atoms with Crippen molar-refractivity contribution in [2.24, 2.45) is 7.05 Å². The summed E-state index contributed by atoms with van der Waals surface area (Å²) < 4.78 is 5.60. The highest BCUT2D eigenvalue weighted by Crippen LogP contribution is 2.35. The summed E-state index contributed by atoms with van der Waals surface area (Å²) in [7, 11) is 2.03. The summed E-state index contributed by atoms with van der Waals surface area (Å²) in [6.07, 6.45) is 5.20. The molecule has 0 amide bonds. The lowest BCUT2D eigenvalue weighted by Gasteiger charge is -2.02. The van der Waals surface area contributed by atoms with Gasteiger partial charge in [0.1, 0.15) is 11.4 Å². The van der Waals surface area contributed by atoms with Gasteiger partial charge in [-0.1, -0.05) is 48.5 Å². The molecule has 40 heavy (non-hydrogen) atoms. The van der Waals surface area contributed by atoms with E-state index in [-0.39, 0.29) is 0 Å². The highest BCUT2D eigenvalue weighted by molar-refractivity contribution is 6.11. The predicted molar refractivity (Wildman–Crippen MR) is 156 cm³/mol. The lowest BCUT2D eigenvalue weighted by atomic mass is 10.0. The molecule has 0 saturated heterocycles. The topological polar surface area (TPSA) is 74.7 Å². The molecular weight excluding hydrogens is 498 g/mol. The summed E-state index contributed by atoms with van der Waals surface area (Å²) in [5, 5.41) is 11.6. The van der Waals surface area contributed by atoms with Gasteiger partial charge in [-0.3, -0.25) is 9.59 Å². The number of aryl methyl sites for hydroxylation is 1. The standard InChI is InChI=1S/C33H23N5O2/c1-36-30-14-12-22(32-24(20-39)18-37(34-32)26-8-4-2-5-9-26)16-28(30)29-17-23(13-15-31(29)36)33-25(21-40)19-38(35-33)27-10-6-3-7-11-27/h2-21H,1H3. The molecule has 7 rings (SSSR count). The summed E-state index contributed by atoms with van der Waals surface area (Å²) in [6, 6.07) is 31.7. The van der Waals surface area contributed by atoms with E-state index in [1.165, 1.54) is 0 Å². The Morgan fingerprint density at radius 3 is 1.40 bits per heavy atom. The summed E-state index contributed by atoms with van der Waals surface area (Å²) in [5.41, 5.74) is 7.86. The van der Waals surface area contributed by atoms with Crippen LogP contribution < -0.4 is 0 Å². The number of rotatable bonds is 6. The van der Waals surface area contributed by atoms with Crippen LogP contribution in [-0.4, -0.2) is 36.7 Å². The molecule has 192 valence electrons. The first-order valence-corrected chi connectivity index (χ1v) is 12.9. The fraction of sp³-hybridized carbons (Fsp3) is 0.0303. The molecule has 0 fully saturated rings. The Kier molecular flexibility index (Phi) is 5.49. The van der Waals surface area contributed by atoms with Crippen molar-refractivity contribution in [3.8, 4) is 33.9 Å². The van der Waals surface area contributed by atoms with E-state index in [0.29, 0.717) is 22.5 Å². The summed E-state index contributed by atoms with van der Waals surface area (Å²) in [4.78, 5) is 24.0. The molecule has 0 aliphatic heterocycles. The van der Waals surface area contributed by atoms with Gasteiger partial charge in [0.2, 0.25) is 0 Å². The first-order chi connectivity index (χ1) is 19.6. The first kappa shape index (κ1) is 23.5. The largest absolute Gasteiger partial charge is 0.344 e. The van der Waals surface area contributed by atoms with Crippen LogP contribution in [0.5, 0.6) is 0 Å². The monoisotopic (exact) mass is 521 g/mol. The van der Waals surface area contributed by atoms with Crippen LogP contribution in [0.25, 0.3) is 55.7 Å². The molecule has 0 saturated carbocycles. The number of carbonyl (C=O) groups is 2. The molecule has 7 nitrogen and oxygen atoms in total. The normalized spacial score (nSPS) is 11.3. The molecule has 0 radical (unpaired) electrons. The van der Waals surface area contributed by atoms with Crippen molar-refractivity contribution in [1.29, 1.82) is 0 Å². The van der Waals surface area contributed by atoms with Crippen LogP contribution in [0.3, 0.4) is 0 Å². The Balaban J connectivity index is 1.38. The van der Waals surface area contributed by atoms with E-state index in [2.05, 4.69) is 28.8 Å². The maximum Gasteiger partial charge on any atom is 0.153 e. The Bertz CT molecular complexity index is 1900. The lowest BCUT2D eigenvalue weighted by Crippen LogP contribution is -1.94. The third kappa shape index (κ3) is 3.75. The zero-order valence-electron chi connectivity index (χ0n) is 21.6. The van der Waals surface area contributed by atoms with Gasteiger partial charge in [0.05, 0.1) is 22.5 Å². The highest BCUT2D eigenvalue weighted by Gasteiger charge is 2.17. The number of para-hydroxylation sites is 2. The van der Waals surface area contributed by atoms with Crippen LogP contribution in [0, 0.1) is 0 Å². The molecule has 0 N–H and O–H groups in total. The van der Waals surface area contributed by atoms with E-state index >= 15 is 0 Å². The lowest BCUT2D eigenvalue weighted by molar-refractivity contribution is 0.111. The number of nitrogens with zero attached hydrogens (tertiary/aromatic N) is 5. The van der Waals surface area contributed by atoms with Gasteiger partial charge in [0.15, 0.2) is 12.6 Å². The molecule has 3 heterocycles. The fourth-order valence-electron chi connectivity index (χ4n) is 5.33. The molecule has 7 heteroatoms. The third-order valence-electron chi connectivity index (χ3n) is 7.33. The van der Waals surface area contributed by atoms with Crippen molar-refractivity contribution >= 4 is 34.4 Å². The Morgan fingerprint density at radius 2 is 1.00 bits per heavy atom. The van der Waals surface area contributed by atoms with E-state index in [1.54, 1.807) is 21.8 Å². The Morgan fingerprint density at radius 1 is 0.575 bits per heavy atom. The quantitative estimate of drug-likeness (QED) is 0.229. The van der Waals surface area contributed by atoms with Crippen molar-refractivity contribution in [3.63, 3.8) is 0 Å². The molecule has 3 aromatic heterocycles. The van der Waals surface area contributed by atoms with Gasteiger partial charge in [-0.05, 0) is 48.5 Å². The second-order valence-corrected chi connectivity index (χ2v) is 9.68. The maximum atomic E-state index is 12.0. The number of aldehydes is 2. The number of benzene rings is 4. The van der Waals surface area contributed by atoms with Gasteiger partial charge in [0.25, 0.3) is 0 Å². The summed E-state index contributed by atoms with van der Waals surface area (Å²) in [6.45, 7) is 0. The molecule has 0 unspecified atom stereocenters. The number of aromatic nitrogens is 5. The highest BCUT2D eigenvalue weighted by atomic mass is 16.1. The van der Waals surface area contributed by atoms with Gasteiger partial charge >= 0.3 is 0 Å². The van der Waals surface area contributed by atoms with Gasteiger partial charge < -0.3 is 4.57 Å². The average Bonchev–Trinajstić information content (AvgIpc) is 3.72. The van der Waals surface area contributed by atoms with Crippen LogP contribution in [0.15, 0.2) is 109 Å². The van der Waals surface area contributed by atoms with Crippen molar-refractivity contribution in [2.75, 3.05) is 0 Å². The molecule has 7 aromatic rings. The SMILES string of the molecule is Cn1c2ccc(-c3nn(-c4ccccc4)cc3C=O)cc2c2cc(-c3nn(-c4ccccc4)cc3C=O)ccc21. The molecule has 0 atom stereocenters. The smallest absolute Gasteiger partial charge is 0.153 e. The van der Waals surface area contributed by atoms with E-state index < -0.39 is 0 Å². The minimum Gasteiger partial charge on any atom is -0.344 e. The van der Waals surface area contributed by atoms with Crippen molar-refractivity contribution in [3.05, 3.63) is 121 Å². The summed E-state index contributed by atoms with van der Waals surface area (Å²) in [5.74, 6) is 0. The number of fused-ring (bicyclic) bond motifs is 3. The molecule has 0 spiro atoms. The van der Waals surface area contributed by atoms with Crippen LogP contribution in [0.4, 0.5) is 0 Å². The predicted octanol–water partition coefficient (Wildman–Crippen LogP) is 6.66. The van der Waals surface area contributed by atoms with Crippen molar-refractivity contribution < 1.29 is 9.59 Å². The zero-order chi connectivity index (χ0) is 27.2. The minimum atomic E-state index is 0.520. The Labute approximate surface area is 229 Å². The van der Waals surface area contributed by atoms with Crippen LogP contribution >= 0.6 is 0 Å². The van der Waals surface area contributed by atoms with Gasteiger partial charge in [-0.25, -0.2) is 9.36 Å². The zero-order valence-corrected chi connectivity index (χ0v) is 21.6. The molecule has 0 bridgehead atoms. The average molecular weight is 522 g/mol. The van der Waals surface area contributed by atoms with Gasteiger partial charge in [-0.15, -0.1) is 0 Å². The van der Waals surface area contributed by atoms with E-state index in [0.717, 1.165) is 56.9 Å². The van der Waals surface area contributed by atoms with Gasteiger partial charge in [-0.2, -0.15) is 10.2 Å². The minimum absolute atomic E-state index is 0.520. The van der Waals surface area contributed by atoms with Crippen LogP contribution in [0.1, 0.15) is 20.7 Å². The van der Waals surface area contributed by atoms with Gasteiger partial charge in [0, 0.05) is 52.4 Å². The molecular formula is C33H23N5O2. The van der Waals surface area contributed by atoms with Crippen molar-refractivity contribution in [1.82, 2.24) is 24.1 Å². The molecule has 4 aromatic carbocycles. The van der Waals surface area contributed by atoms with E-state index in [9.17, 15) is 9.59 Å². The Hall–Kier alpha value is -5.56. The van der Waals surface area contributed by atoms with Crippen LogP contribution in [0.2, 0.25) is 0 Å². The van der Waals surface area contributed by atoms with E-state index in [1.807, 2.05) is 79.8 Å². The maximum absolute atomic E-state index is 12.0. The van der Waals surface area contributed by atoms with Crippen LogP contribution in [-0.2, 0) is 7.05 Å². The third-order valence-corrected chi connectivity index (χ3v) is 7.33.